The molecule has 3 rings (SSSR count). The summed E-state index contributed by atoms with van der Waals surface area (Å²) in [6, 6.07) is -0.707. The summed E-state index contributed by atoms with van der Waals surface area (Å²) in [5.41, 5.74) is 0.579. The Morgan fingerprint density at radius 3 is 3.06 bits per heavy atom. The summed E-state index contributed by atoms with van der Waals surface area (Å²) in [4.78, 5) is 28.3. The van der Waals surface area contributed by atoms with Crippen LogP contribution in [0.3, 0.4) is 0 Å². The number of thioether (sulfide) groups is 1. The maximum atomic E-state index is 11.9. The second kappa shape index (κ2) is 3.84. The molecule has 0 aliphatic carbocycles. The highest BCUT2D eigenvalue weighted by molar-refractivity contribution is 8.00. The SMILES string of the molecule is Cn1cnc(C=C2C(=O)N3C(C(=O)O)CS[C@H]23)n1. The van der Waals surface area contributed by atoms with Crippen molar-refractivity contribution < 1.29 is 14.7 Å². The molecule has 2 aliphatic heterocycles. The third-order valence-corrected chi connectivity index (χ3v) is 4.24. The van der Waals surface area contributed by atoms with Crippen molar-refractivity contribution in [2.24, 2.45) is 7.05 Å². The number of nitrogens with zero attached hydrogens (tertiary/aromatic N) is 4. The number of amides is 1. The average Bonchev–Trinajstić information content (AvgIpc) is 2.89. The van der Waals surface area contributed by atoms with Crippen LogP contribution in [-0.4, -0.2) is 53.8 Å². The van der Waals surface area contributed by atoms with Gasteiger partial charge in [-0.2, -0.15) is 5.10 Å². The van der Waals surface area contributed by atoms with Crippen LogP contribution in [0.15, 0.2) is 11.9 Å². The molecular formula is C10H10N4O3S. The normalized spacial score (nSPS) is 28.4. The number of carboxylic acids is 1. The highest BCUT2D eigenvalue weighted by atomic mass is 32.2. The monoisotopic (exact) mass is 266 g/mol. The number of aryl methyl sites for hydroxylation is 1. The lowest BCUT2D eigenvalue weighted by molar-refractivity contribution is -0.150. The Hall–Kier alpha value is -1.83. The van der Waals surface area contributed by atoms with E-state index in [4.69, 9.17) is 5.11 Å². The largest absolute Gasteiger partial charge is 0.480 e. The standard InChI is InChI=1S/C10H10N4O3S/c1-13-4-11-7(12-13)2-5-8(15)14-6(10(16)17)3-18-9(5)14/h2,4,6,9H,3H2,1H3,(H,16,17)/t6?,9-/m1/s1. The van der Waals surface area contributed by atoms with E-state index in [0.717, 1.165) is 0 Å². The van der Waals surface area contributed by atoms with Gasteiger partial charge in [0.15, 0.2) is 5.82 Å². The van der Waals surface area contributed by atoms with Crippen LogP contribution in [0.25, 0.3) is 6.08 Å². The molecule has 0 aromatic carbocycles. The number of carboxylic acid groups (broad SMARTS) is 1. The van der Waals surface area contributed by atoms with Gasteiger partial charge < -0.3 is 10.0 Å². The number of fused-ring (bicyclic) bond motifs is 1. The molecule has 1 aromatic rings. The van der Waals surface area contributed by atoms with Crippen molar-refractivity contribution in [2.45, 2.75) is 11.4 Å². The molecule has 2 atom stereocenters. The molecular weight excluding hydrogens is 256 g/mol. The van der Waals surface area contributed by atoms with Crippen LogP contribution in [0.1, 0.15) is 5.82 Å². The second-order valence-electron chi connectivity index (χ2n) is 4.13. The molecule has 0 radical (unpaired) electrons. The lowest BCUT2D eigenvalue weighted by atomic mass is 10.0. The van der Waals surface area contributed by atoms with Crippen molar-refractivity contribution in [3.63, 3.8) is 0 Å². The van der Waals surface area contributed by atoms with E-state index >= 15 is 0 Å². The Balaban J connectivity index is 1.84. The molecule has 0 spiro atoms. The van der Waals surface area contributed by atoms with Gasteiger partial charge in [0.2, 0.25) is 0 Å². The molecule has 0 saturated carbocycles. The first-order valence-corrected chi connectivity index (χ1v) is 6.37. The maximum Gasteiger partial charge on any atom is 0.327 e. The zero-order valence-corrected chi connectivity index (χ0v) is 10.3. The molecule has 1 aromatic heterocycles. The third-order valence-electron chi connectivity index (χ3n) is 2.93. The Kier molecular flexibility index (Phi) is 2.40. The fourth-order valence-corrected chi connectivity index (χ4v) is 3.49. The van der Waals surface area contributed by atoms with E-state index in [9.17, 15) is 9.59 Å². The Morgan fingerprint density at radius 2 is 2.44 bits per heavy atom. The fraction of sp³-hybridized carbons (Fsp3) is 0.400. The molecule has 3 heterocycles. The van der Waals surface area contributed by atoms with E-state index in [1.165, 1.54) is 16.7 Å². The smallest absolute Gasteiger partial charge is 0.327 e. The summed E-state index contributed by atoms with van der Waals surface area (Å²) >= 11 is 1.46. The zero-order chi connectivity index (χ0) is 12.9. The molecule has 7 nitrogen and oxygen atoms in total. The number of carbonyl (C=O) groups is 2. The zero-order valence-electron chi connectivity index (χ0n) is 9.48. The molecule has 2 saturated heterocycles. The van der Waals surface area contributed by atoms with Gasteiger partial charge in [0.25, 0.3) is 5.91 Å². The van der Waals surface area contributed by atoms with E-state index in [1.54, 1.807) is 24.1 Å². The van der Waals surface area contributed by atoms with E-state index in [-0.39, 0.29) is 11.3 Å². The number of aromatic nitrogens is 3. The molecule has 2 aliphatic rings. The van der Waals surface area contributed by atoms with Gasteiger partial charge in [0, 0.05) is 12.8 Å². The Morgan fingerprint density at radius 1 is 1.67 bits per heavy atom. The minimum Gasteiger partial charge on any atom is -0.480 e. The van der Waals surface area contributed by atoms with Crippen LogP contribution in [0, 0.1) is 0 Å². The quantitative estimate of drug-likeness (QED) is 0.577. The molecule has 8 heteroatoms. The molecule has 2 fully saturated rings. The second-order valence-corrected chi connectivity index (χ2v) is 5.24. The van der Waals surface area contributed by atoms with Gasteiger partial charge in [-0.3, -0.25) is 9.48 Å². The van der Waals surface area contributed by atoms with Gasteiger partial charge in [-0.1, -0.05) is 0 Å². The molecule has 94 valence electrons. The minimum absolute atomic E-state index is 0.164. The number of β-lactam (4-membered cyclic amide) rings is 1. The Labute approximate surface area is 106 Å². The van der Waals surface area contributed by atoms with E-state index in [2.05, 4.69) is 10.1 Å². The van der Waals surface area contributed by atoms with Gasteiger partial charge >= 0.3 is 5.97 Å². The summed E-state index contributed by atoms with van der Waals surface area (Å²) in [6.45, 7) is 0. The van der Waals surface area contributed by atoms with E-state index in [0.29, 0.717) is 17.2 Å². The van der Waals surface area contributed by atoms with Crippen LogP contribution < -0.4 is 0 Å². The predicted molar refractivity (Wildman–Crippen MR) is 63.5 cm³/mol. The summed E-state index contributed by atoms with van der Waals surface area (Å²) in [7, 11) is 1.74. The number of hydrogen-bond acceptors (Lipinski definition) is 5. The van der Waals surface area contributed by atoms with Gasteiger partial charge in [-0.15, -0.1) is 11.8 Å². The predicted octanol–water partition coefficient (Wildman–Crippen LogP) is -0.433. The summed E-state index contributed by atoms with van der Waals surface area (Å²) in [5, 5.41) is 12.9. The van der Waals surface area contributed by atoms with Crippen molar-refractivity contribution in [3.05, 3.63) is 17.7 Å². The van der Waals surface area contributed by atoms with Crippen molar-refractivity contribution in [2.75, 3.05) is 5.75 Å². The van der Waals surface area contributed by atoms with E-state index < -0.39 is 12.0 Å². The van der Waals surface area contributed by atoms with Crippen LogP contribution in [0.4, 0.5) is 0 Å². The first-order valence-electron chi connectivity index (χ1n) is 5.32. The highest BCUT2D eigenvalue weighted by Gasteiger charge is 2.53. The lowest BCUT2D eigenvalue weighted by Crippen LogP contribution is -2.56. The van der Waals surface area contributed by atoms with E-state index in [1.807, 2.05) is 0 Å². The topological polar surface area (TPSA) is 88.3 Å². The number of hydrogen-bond donors (Lipinski definition) is 1. The summed E-state index contributed by atoms with van der Waals surface area (Å²) in [5.74, 6) is -0.281. The molecule has 18 heavy (non-hydrogen) atoms. The molecule has 1 amide bonds. The summed E-state index contributed by atoms with van der Waals surface area (Å²) < 4.78 is 1.55. The molecule has 1 unspecified atom stereocenters. The van der Waals surface area contributed by atoms with Crippen LogP contribution >= 0.6 is 11.8 Å². The van der Waals surface area contributed by atoms with Gasteiger partial charge in [-0.05, 0) is 6.08 Å². The molecule has 0 bridgehead atoms. The Bertz CT molecular complexity index is 567. The number of aliphatic carboxylic acids is 1. The lowest BCUT2D eigenvalue weighted by Gasteiger charge is -2.38. The van der Waals surface area contributed by atoms with Crippen LogP contribution in [0.2, 0.25) is 0 Å². The van der Waals surface area contributed by atoms with Crippen molar-refractivity contribution in [1.82, 2.24) is 19.7 Å². The third kappa shape index (κ3) is 1.52. The fourth-order valence-electron chi connectivity index (χ4n) is 2.07. The van der Waals surface area contributed by atoms with Gasteiger partial charge in [0.05, 0.1) is 5.57 Å². The molecule has 1 N–H and O–H groups in total. The first-order chi connectivity index (χ1) is 8.58. The minimum atomic E-state index is -0.951. The van der Waals surface area contributed by atoms with Gasteiger partial charge in [-0.25, -0.2) is 9.78 Å². The van der Waals surface area contributed by atoms with Crippen LogP contribution in [0.5, 0.6) is 0 Å². The highest BCUT2D eigenvalue weighted by Crippen LogP contribution is 2.43. The van der Waals surface area contributed by atoms with Crippen molar-refractivity contribution in [3.8, 4) is 0 Å². The van der Waals surface area contributed by atoms with Gasteiger partial charge in [0.1, 0.15) is 17.7 Å². The number of carbonyl (C=O) groups excluding carboxylic acids is 1. The number of rotatable bonds is 2. The van der Waals surface area contributed by atoms with Crippen LogP contribution in [-0.2, 0) is 16.6 Å². The average molecular weight is 266 g/mol. The summed E-state index contributed by atoms with van der Waals surface area (Å²) in [6.07, 6.45) is 3.18. The maximum absolute atomic E-state index is 11.9. The van der Waals surface area contributed by atoms with Crippen molar-refractivity contribution in [1.29, 1.82) is 0 Å². The first kappa shape index (κ1) is 11.3. The van der Waals surface area contributed by atoms with Crippen molar-refractivity contribution >= 4 is 29.7 Å².